The van der Waals surface area contributed by atoms with E-state index in [9.17, 15) is 0 Å². The Bertz CT molecular complexity index is 61.1. The van der Waals surface area contributed by atoms with Gasteiger partial charge in [-0.25, -0.2) is 0 Å². The molecule has 0 aromatic rings. The van der Waals surface area contributed by atoms with Crippen molar-refractivity contribution < 1.29 is 5.11 Å². The third-order valence-electron chi connectivity index (χ3n) is 0.721. The number of aliphatic hydroxyl groups excluding tert-OH is 1. The highest BCUT2D eigenvalue weighted by Gasteiger charge is 1.84. The Morgan fingerprint density at radius 1 is 1.71 bits per heavy atom. The normalized spacial score (nSPS) is 8.86. The molecular formula is C5H11NO. The second-order valence-electron chi connectivity index (χ2n) is 1.45. The fourth-order valence-corrected chi connectivity index (χ4v) is 0.283. The quantitative estimate of drug-likeness (QED) is 0.487. The van der Waals surface area contributed by atoms with Gasteiger partial charge in [0.15, 0.2) is 0 Å². The summed E-state index contributed by atoms with van der Waals surface area (Å²) in [7, 11) is 0. The fourth-order valence-electron chi connectivity index (χ4n) is 0.283. The molecule has 0 rings (SSSR count). The van der Waals surface area contributed by atoms with Crippen molar-refractivity contribution in [2.45, 2.75) is 6.42 Å². The largest absolute Gasteiger partial charge is 0.392 e. The van der Waals surface area contributed by atoms with Gasteiger partial charge in [0.05, 0.1) is 6.61 Å². The maximum Gasteiger partial charge on any atom is 0.0639 e. The first-order chi connectivity index (χ1) is 3.31. The van der Waals surface area contributed by atoms with Crippen molar-refractivity contribution in [1.82, 2.24) is 0 Å². The van der Waals surface area contributed by atoms with Crippen molar-refractivity contribution in [3.8, 4) is 0 Å². The van der Waals surface area contributed by atoms with Crippen molar-refractivity contribution in [1.29, 1.82) is 0 Å². The van der Waals surface area contributed by atoms with Crippen LogP contribution in [0.15, 0.2) is 12.2 Å². The predicted octanol–water partition coefficient (Wildman–Crippen LogP) is -0.116. The molecule has 0 aromatic heterocycles. The van der Waals surface area contributed by atoms with Gasteiger partial charge in [0.2, 0.25) is 0 Å². The van der Waals surface area contributed by atoms with E-state index in [0.717, 1.165) is 12.0 Å². The number of rotatable bonds is 3. The summed E-state index contributed by atoms with van der Waals surface area (Å²) >= 11 is 0. The van der Waals surface area contributed by atoms with Crippen LogP contribution in [0.4, 0.5) is 0 Å². The number of hydrogen-bond donors (Lipinski definition) is 2. The third-order valence-corrected chi connectivity index (χ3v) is 0.721. The number of aliphatic hydroxyl groups is 1. The Kier molecular flexibility index (Phi) is 3.65. The first-order valence-electron chi connectivity index (χ1n) is 2.29. The van der Waals surface area contributed by atoms with Crippen molar-refractivity contribution in [2.24, 2.45) is 5.73 Å². The Morgan fingerprint density at radius 3 is 2.43 bits per heavy atom. The van der Waals surface area contributed by atoms with Gasteiger partial charge in [-0.1, -0.05) is 12.2 Å². The molecule has 0 bridgehead atoms. The molecule has 0 aliphatic rings. The van der Waals surface area contributed by atoms with Crippen LogP contribution in [0.5, 0.6) is 0 Å². The molecule has 0 saturated heterocycles. The average Bonchev–Trinajstić information content (AvgIpc) is 1.68. The summed E-state index contributed by atoms with van der Waals surface area (Å²) in [4.78, 5) is 0. The molecule has 0 amide bonds. The summed E-state index contributed by atoms with van der Waals surface area (Å²) < 4.78 is 0. The monoisotopic (exact) mass is 101 g/mol. The molecule has 0 heterocycles. The second-order valence-corrected chi connectivity index (χ2v) is 1.45. The van der Waals surface area contributed by atoms with Crippen molar-refractivity contribution in [3.63, 3.8) is 0 Å². The molecule has 2 nitrogen and oxygen atoms in total. The van der Waals surface area contributed by atoms with Crippen LogP contribution < -0.4 is 5.73 Å². The molecule has 0 fully saturated rings. The first kappa shape index (κ1) is 6.66. The van der Waals surface area contributed by atoms with Crippen LogP contribution >= 0.6 is 0 Å². The van der Waals surface area contributed by atoms with Crippen LogP contribution in [0, 0.1) is 0 Å². The van der Waals surface area contributed by atoms with E-state index in [0.29, 0.717) is 6.54 Å². The molecule has 0 spiro atoms. The summed E-state index contributed by atoms with van der Waals surface area (Å²) in [6.45, 7) is 4.18. The Hall–Kier alpha value is -0.340. The summed E-state index contributed by atoms with van der Waals surface area (Å²) in [5, 5.41) is 8.31. The standard InChI is InChI=1S/C5H11NO/c1-5(4-7)2-3-6/h7H,1-4,6H2. The molecule has 0 aromatic carbocycles. The van der Waals surface area contributed by atoms with E-state index in [2.05, 4.69) is 6.58 Å². The molecule has 7 heavy (non-hydrogen) atoms. The Balaban J connectivity index is 3.00. The minimum atomic E-state index is 0.0667. The zero-order chi connectivity index (χ0) is 5.70. The second kappa shape index (κ2) is 3.84. The van der Waals surface area contributed by atoms with Gasteiger partial charge in [-0.3, -0.25) is 0 Å². The molecule has 0 unspecified atom stereocenters. The molecule has 2 heteroatoms. The number of hydrogen-bond acceptors (Lipinski definition) is 2. The molecule has 0 atom stereocenters. The first-order valence-corrected chi connectivity index (χ1v) is 2.29. The van der Waals surface area contributed by atoms with Gasteiger partial charge >= 0.3 is 0 Å². The summed E-state index contributed by atoms with van der Waals surface area (Å²) in [5.74, 6) is 0. The van der Waals surface area contributed by atoms with Gasteiger partial charge in [0.1, 0.15) is 0 Å². The van der Waals surface area contributed by atoms with Crippen LogP contribution in [0.3, 0.4) is 0 Å². The summed E-state index contributed by atoms with van der Waals surface area (Å²) in [6.07, 6.45) is 0.733. The van der Waals surface area contributed by atoms with Gasteiger partial charge in [-0.05, 0) is 13.0 Å². The lowest BCUT2D eigenvalue weighted by Gasteiger charge is -1.93. The molecule has 0 radical (unpaired) electrons. The van der Waals surface area contributed by atoms with E-state index in [1.54, 1.807) is 0 Å². The molecule has 3 N–H and O–H groups in total. The van der Waals surface area contributed by atoms with Crippen LogP contribution in [-0.2, 0) is 0 Å². The topological polar surface area (TPSA) is 46.2 Å². The molecule has 0 aliphatic carbocycles. The maximum absolute atomic E-state index is 8.31. The summed E-state index contributed by atoms with van der Waals surface area (Å²) in [5.41, 5.74) is 5.94. The van der Waals surface area contributed by atoms with Crippen molar-refractivity contribution in [3.05, 3.63) is 12.2 Å². The molecule has 42 valence electrons. The van der Waals surface area contributed by atoms with Gasteiger partial charge in [0, 0.05) is 0 Å². The minimum absolute atomic E-state index is 0.0667. The zero-order valence-corrected chi connectivity index (χ0v) is 4.35. The van der Waals surface area contributed by atoms with Crippen LogP contribution in [0.25, 0.3) is 0 Å². The SMILES string of the molecule is C=C(CO)CCN. The third kappa shape index (κ3) is 3.49. The van der Waals surface area contributed by atoms with E-state index in [1.165, 1.54) is 0 Å². The molecule has 0 aliphatic heterocycles. The van der Waals surface area contributed by atoms with E-state index >= 15 is 0 Å². The Morgan fingerprint density at radius 2 is 2.29 bits per heavy atom. The van der Waals surface area contributed by atoms with E-state index < -0.39 is 0 Å². The lowest BCUT2D eigenvalue weighted by Crippen LogP contribution is -2.01. The smallest absolute Gasteiger partial charge is 0.0639 e. The van der Waals surface area contributed by atoms with E-state index in [1.807, 2.05) is 0 Å². The van der Waals surface area contributed by atoms with Crippen LogP contribution in [0.1, 0.15) is 6.42 Å². The van der Waals surface area contributed by atoms with Gasteiger partial charge < -0.3 is 10.8 Å². The Labute approximate surface area is 43.6 Å². The number of nitrogens with two attached hydrogens (primary N) is 1. The fraction of sp³-hybridized carbons (Fsp3) is 0.600. The highest BCUT2D eigenvalue weighted by atomic mass is 16.3. The lowest BCUT2D eigenvalue weighted by atomic mass is 10.2. The van der Waals surface area contributed by atoms with Crippen LogP contribution in [-0.4, -0.2) is 18.3 Å². The molecule has 0 saturated carbocycles. The highest BCUT2D eigenvalue weighted by molar-refractivity contribution is 4.93. The minimum Gasteiger partial charge on any atom is -0.392 e. The van der Waals surface area contributed by atoms with Crippen molar-refractivity contribution in [2.75, 3.05) is 13.2 Å². The highest BCUT2D eigenvalue weighted by Crippen LogP contribution is 1.90. The van der Waals surface area contributed by atoms with Gasteiger partial charge in [-0.2, -0.15) is 0 Å². The van der Waals surface area contributed by atoms with Gasteiger partial charge in [0.25, 0.3) is 0 Å². The maximum atomic E-state index is 8.31. The van der Waals surface area contributed by atoms with Crippen molar-refractivity contribution >= 4 is 0 Å². The lowest BCUT2D eigenvalue weighted by molar-refractivity contribution is 0.327. The van der Waals surface area contributed by atoms with E-state index in [-0.39, 0.29) is 6.61 Å². The zero-order valence-electron chi connectivity index (χ0n) is 4.35. The molecular weight excluding hydrogens is 90.1 g/mol. The average molecular weight is 101 g/mol. The summed E-state index contributed by atoms with van der Waals surface area (Å²) in [6, 6.07) is 0. The van der Waals surface area contributed by atoms with E-state index in [4.69, 9.17) is 10.8 Å². The van der Waals surface area contributed by atoms with Crippen LogP contribution in [0.2, 0.25) is 0 Å². The van der Waals surface area contributed by atoms with Gasteiger partial charge in [-0.15, -0.1) is 0 Å². The predicted molar refractivity (Wildman–Crippen MR) is 29.9 cm³/mol.